The van der Waals surface area contributed by atoms with Gasteiger partial charge >= 0.3 is 27.6 Å². The first-order valence-electron chi connectivity index (χ1n) is 25.0. The molecule has 1 aliphatic carbocycles. The highest BCUT2D eigenvalue weighted by molar-refractivity contribution is 7.47. The smallest absolute Gasteiger partial charge is 0.466 e. The number of aliphatic hydroxyl groups excluding tert-OH is 4. The molecule has 17 nitrogen and oxygen atoms in total. The number of carbonyl (C=O) groups is 3. The van der Waals surface area contributed by atoms with Crippen molar-refractivity contribution < 1.29 is 81.7 Å². The van der Waals surface area contributed by atoms with Crippen LogP contribution >= 0.6 is 15.6 Å². The summed E-state index contributed by atoms with van der Waals surface area (Å²) in [6.45, 7) is 3.51. The maximum atomic E-state index is 13.0. The van der Waals surface area contributed by atoms with Gasteiger partial charge < -0.3 is 44.6 Å². The fraction of sp³-hybridized carbons (Fsp3) is 0.935. The highest BCUT2D eigenvalue weighted by Gasteiger charge is 2.54. The van der Waals surface area contributed by atoms with Gasteiger partial charge in [0.25, 0.3) is 0 Å². The molecule has 8 atom stereocenters. The van der Waals surface area contributed by atoms with Crippen molar-refractivity contribution in [2.75, 3.05) is 13.2 Å². The number of unbranched alkanes of at least 4 members (excludes halogenated alkanes) is 25. The minimum atomic E-state index is -5.37. The van der Waals surface area contributed by atoms with Crippen molar-refractivity contribution in [3.8, 4) is 0 Å². The Morgan fingerprint density at radius 3 is 1.34 bits per heavy atom. The number of esters is 2. The largest absolute Gasteiger partial charge is 0.472 e. The number of ketones is 1. The van der Waals surface area contributed by atoms with Crippen LogP contribution in [0.2, 0.25) is 0 Å². The molecule has 19 heteroatoms. The van der Waals surface area contributed by atoms with Gasteiger partial charge in [-0.1, -0.05) is 168 Å². The summed E-state index contributed by atoms with van der Waals surface area (Å²) >= 11 is 0. The zero-order valence-electron chi connectivity index (χ0n) is 39.7. The van der Waals surface area contributed by atoms with Crippen LogP contribution in [0.25, 0.3) is 0 Å². The normalized spacial score (nSPS) is 21.5. The van der Waals surface area contributed by atoms with Crippen LogP contribution in [0.3, 0.4) is 0 Å². The molecule has 0 bridgehead atoms. The van der Waals surface area contributed by atoms with Crippen molar-refractivity contribution in [1.29, 1.82) is 0 Å². The second-order valence-electron chi connectivity index (χ2n) is 17.9. The van der Waals surface area contributed by atoms with Gasteiger partial charge in [-0.05, 0) is 25.7 Å². The number of hydrogen-bond acceptors (Lipinski definition) is 14. The third kappa shape index (κ3) is 32.2. The molecule has 4 unspecified atom stereocenters. The van der Waals surface area contributed by atoms with Crippen LogP contribution in [0.5, 0.6) is 0 Å². The molecule has 384 valence electrons. The Balaban J connectivity index is 2.52. The first-order chi connectivity index (χ1) is 31.0. The second-order valence-corrected chi connectivity index (χ2v) is 20.5. The summed E-state index contributed by atoms with van der Waals surface area (Å²) in [6, 6.07) is 0. The van der Waals surface area contributed by atoms with Crippen LogP contribution in [0.15, 0.2) is 0 Å². The van der Waals surface area contributed by atoms with E-state index in [1.54, 1.807) is 0 Å². The number of carbonyl (C=O) groups excluding carboxylic acids is 3. The molecule has 1 fully saturated rings. The molecule has 0 aliphatic heterocycles. The second kappa shape index (κ2) is 37.6. The molecule has 0 aromatic carbocycles. The molecule has 0 radical (unpaired) electrons. The summed E-state index contributed by atoms with van der Waals surface area (Å²) in [5, 5.41) is 41.2. The van der Waals surface area contributed by atoms with Crippen LogP contribution in [0.4, 0.5) is 0 Å². The topological polar surface area (TPSA) is 273 Å². The first-order valence-corrected chi connectivity index (χ1v) is 28.0. The summed E-state index contributed by atoms with van der Waals surface area (Å²) in [6.07, 6.45) is 16.9. The molecular weight excluding hydrogens is 886 g/mol. The number of hydrogen-bond donors (Lipinski definition) is 7. The fourth-order valence-electron chi connectivity index (χ4n) is 8.00. The quantitative estimate of drug-likeness (QED) is 0.0171. The van der Waals surface area contributed by atoms with Crippen LogP contribution in [0.1, 0.15) is 219 Å². The number of ether oxygens (including phenoxy) is 2. The zero-order valence-corrected chi connectivity index (χ0v) is 41.5. The van der Waals surface area contributed by atoms with Crippen molar-refractivity contribution in [2.45, 2.75) is 262 Å². The molecule has 0 aromatic heterocycles. The maximum absolute atomic E-state index is 13.0. The number of phosphoric ester groups is 2. The summed E-state index contributed by atoms with van der Waals surface area (Å²) in [7, 11) is -10.7. The van der Waals surface area contributed by atoms with Gasteiger partial charge in [-0.2, -0.15) is 0 Å². The maximum Gasteiger partial charge on any atom is 0.472 e. The van der Waals surface area contributed by atoms with Crippen LogP contribution in [-0.2, 0) is 46.6 Å². The lowest BCUT2D eigenvalue weighted by atomic mass is 9.85. The molecule has 0 amide bonds. The van der Waals surface area contributed by atoms with E-state index in [-0.39, 0.29) is 13.0 Å². The van der Waals surface area contributed by atoms with Gasteiger partial charge in [-0.3, -0.25) is 28.0 Å². The van der Waals surface area contributed by atoms with Crippen molar-refractivity contribution >= 4 is 33.4 Å². The Bertz CT molecular complexity index is 1330. The van der Waals surface area contributed by atoms with E-state index in [4.69, 9.17) is 18.5 Å². The monoisotopic (exact) mass is 975 g/mol. The highest BCUT2D eigenvalue weighted by Crippen LogP contribution is 2.49. The number of Topliss-reactive ketones (excluding diaryl/α,β-unsaturated/α-hetero) is 1. The van der Waals surface area contributed by atoms with Gasteiger partial charge in [0.2, 0.25) is 0 Å². The minimum Gasteiger partial charge on any atom is -0.466 e. The van der Waals surface area contributed by atoms with E-state index in [1.807, 2.05) is 6.92 Å². The first kappa shape index (κ1) is 61.7. The van der Waals surface area contributed by atoms with E-state index in [0.717, 1.165) is 77.0 Å². The van der Waals surface area contributed by atoms with Crippen LogP contribution < -0.4 is 0 Å². The van der Waals surface area contributed by atoms with Crippen LogP contribution in [0, 0.1) is 0 Å². The average Bonchev–Trinajstić information content (AvgIpc) is 3.25. The zero-order chi connectivity index (χ0) is 48.4. The lowest BCUT2D eigenvalue weighted by Gasteiger charge is -2.43. The van der Waals surface area contributed by atoms with Crippen molar-refractivity contribution in [2.24, 2.45) is 0 Å². The van der Waals surface area contributed by atoms with E-state index < -0.39 is 83.3 Å². The van der Waals surface area contributed by atoms with E-state index in [2.05, 4.69) is 11.4 Å². The van der Waals surface area contributed by atoms with Crippen molar-refractivity contribution in [3.63, 3.8) is 0 Å². The Labute approximate surface area is 389 Å². The summed E-state index contributed by atoms with van der Waals surface area (Å²) in [5.74, 6) is -1.02. The lowest BCUT2D eigenvalue weighted by Crippen LogP contribution is -2.64. The van der Waals surface area contributed by atoms with Crippen molar-refractivity contribution in [1.82, 2.24) is 0 Å². The Kier molecular flexibility index (Phi) is 35.6. The Hall–Kier alpha value is -1.33. The molecule has 1 rings (SSSR count). The number of rotatable bonds is 43. The molecule has 7 N–H and O–H groups in total. The predicted octanol–water partition coefficient (Wildman–Crippen LogP) is 8.97. The number of aliphatic hydroxyl groups is 4. The minimum absolute atomic E-state index is 0.0301. The van der Waals surface area contributed by atoms with Gasteiger partial charge in [-0.15, -0.1) is 0 Å². The third-order valence-electron chi connectivity index (χ3n) is 11.8. The molecule has 1 aliphatic rings. The van der Waals surface area contributed by atoms with Gasteiger partial charge in [-0.25, -0.2) is 9.13 Å². The number of phosphoric acid groups is 2. The van der Waals surface area contributed by atoms with Gasteiger partial charge in [0.05, 0.1) is 19.6 Å². The molecule has 0 spiro atoms. The summed E-state index contributed by atoms with van der Waals surface area (Å²) in [5.41, 5.74) is 0. The molecule has 65 heavy (non-hydrogen) atoms. The lowest BCUT2D eigenvalue weighted by molar-refractivity contribution is -0.216. The summed E-state index contributed by atoms with van der Waals surface area (Å²) in [4.78, 5) is 66.1. The molecule has 0 aromatic rings. The van der Waals surface area contributed by atoms with E-state index >= 15 is 0 Å². The predicted molar refractivity (Wildman–Crippen MR) is 247 cm³/mol. The fourth-order valence-corrected chi connectivity index (χ4v) is 9.54. The Morgan fingerprint density at radius 2 is 0.892 bits per heavy atom. The summed E-state index contributed by atoms with van der Waals surface area (Å²) < 4.78 is 49.4. The van der Waals surface area contributed by atoms with Gasteiger partial charge in [0.1, 0.15) is 48.5 Å². The van der Waals surface area contributed by atoms with Gasteiger partial charge in [0, 0.05) is 19.3 Å². The molecule has 0 heterocycles. The standard InChI is InChI=1S/C46H88O17P2/c1-3-5-6-7-8-9-10-13-17-20-23-26-29-33-39(48)61-38(36-60-65(57,58)63-46-43(52)41(50)42(51)45(44(46)53)62-64(54,55)56)35-40(49)59-34-30-27-24-21-18-15-12-11-14-16-19-22-25-28-32-37(47)31-4-2/h38,41-46,50-53H,3-36H2,1-2H3,(H,57,58)(H2,54,55,56)/t38-,41+,42?,43+,44?,45-,46?/m1/s1. The molecular formula is C46H88O17P2. The molecule has 1 saturated carbocycles. The average molecular weight is 975 g/mol. The van der Waals surface area contributed by atoms with E-state index in [0.29, 0.717) is 25.0 Å². The highest BCUT2D eigenvalue weighted by atomic mass is 31.2. The molecule has 0 saturated heterocycles. The van der Waals surface area contributed by atoms with E-state index in [9.17, 15) is 58.6 Å². The van der Waals surface area contributed by atoms with E-state index in [1.165, 1.54) is 96.3 Å². The van der Waals surface area contributed by atoms with Crippen LogP contribution in [-0.4, -0.2) is 109 Å². The SMILES string of the molecule is CCCCCCCCCCCCCCCC(=O)O[C@@H](COP(=O)(O)OC1C(O)[C@H](OP(=O)(O)O)C(O)[C@H](O)[C@@H]1O)CC(=O)OCCCCCCCCCCCCCCCCC(=O)CCC. The Morgan fingerprint density at radius 1 is 0.477 bits per heavy atom. The van der Waals surface area contributed by atoms with Gasteiger partial charge in [0.15, 0.2) is 0 Å². The van der Waals surface area contributed by atoms with Crippen molar-refractivity contribution in [3.05, 3.63) is 0 Å². The third-order valence-corrected chi connectivity index (χ3v) is 13.3.